The van der Waals surface area contributed by atoms with Crippen LogP contribution in [0.2, 0.25) is 0 Å². The van der Waals surface area contributed by atoms with E-state index in [4.69, 9.17) is 10.4 Å². The van der Waals surface area contributed by atoms with Crippen molar-refractivity contribution in [1.82, 2.24) is 4.72 Å². The summed E-state index contributed by atoms with van der Waals surface area (Å²) < 4.78 is 26.8. The second kappa shape index (κ2) is 6.15. The van der Waals surface area contributed by atoms with Gasteiger partial charge in [-0.1, -0.05) is 6.92 Å². The summed E-state index contributed by atoms with van der Waals surface area (Å²) in [4.78, 5) is 0.126. The molecule has 0 radical (unpaired) electrons. The molecule has 0 saturated heterocycles. The van der Waals surface area contributed by atoms with Gasteiger partial charge in [-0.3, -0.25) is 0 Å². The molecule has 1 aromatic rings. The molecule has 0 aromatic heterocycles. The van der Waals surface area contributed by atoms with Crippen LogP contribution in [-0.4, -0.2) is 26.2 Å². The minimum absolute atomic E-state index is 0.0872. The van der Waals surface area contributed by atoms with Crippen molar-refractivity contribution in [2.75, 3.05) is 6.61 Å². The van der Waals surface area contributed by atoms with Crippen molar-refractivity contribution in [3.63, 3.8) is 0 Å². The van der Waals surface area contributed by atoms with Gasteiger partial charge >= 0.3 is 0 Å². The van der Waals surface area contributed by atoms with Gasteiger partial charge in [-0.05, 0) is 43.5 Å². The van der Waals surface area contributed by atoms with E-state index in [1.54, 1.807) is 20.8 Å². The molecule has 0 heterocycles. The zero-order chi connectivity index (χ0) is 14.6. The molecule has 0 aliphatic carbocycles. The number of nitriles is 1. The molecule has 19 heavy (non-hydrogen) atoms. The van der Waals surface area contributed by atoms with E-state index in [1.807, 2.05) is 6.07 Å². The molecular formula is C13H18N2O3S. The Morgan fingerprint density at radius 3 is 2.53 bits per heavy atom. The van der Waals surface area contributed by atoms with Gasteiger partial charge in [0.2, 0.25) is 10.0 Å². The maximum absolute atomic E-state index is 12.1. The monoisotopic (exact) mass is 282 g/mol. The highest BCUT2D eigenvalue weighted by Crippen LogP contribution is 2.16. The van der Waals surface area contributed by atoms with Crippen molar-refractivity contribution < 1.29 is 13.5 Å². The van der Waals surface area contributed by atoms with Crippen LogP contribution < -0.4 is 4.72 Å². The third-order valence-corrected chi connectivity index (χ3v) is 4.67. The number of hydrogen-bond donors (Lipinski definition) is 2. The number of hydrogen-bond acceptors (Lipinski definition) is 4. The van der Waals surface area contributed by atoms with Gasteiger partial charge < -0.3 is 5.11 Å². The van der Waals surface area contributed by atoms with Crippen LogP contribution in [0.4, 0.5) is 0 Å². The first-order valence-corrected chi connectivity index (χ1v) is 7.44. The Morgan fingerprint density at radius 2 is 2.05 bits per heavy atom. The highest BCUT2D eigenvalue weighted by molar-refractivity contribution is 7.89. The fourth-order valence-electron chi connectivity index (χ4n) is 1.52. The maximum atomic E-state index is 12.1. The second-order valence-corrected chi connectivity index (χ2v) is 6.37. The van der Waals surface area contributed by atoms with E-state index in [2.05, 4.69) is 4.72 Å². The van der Waals surface area contributed by atoms with Gasteiger partial charge in [-0.2, -0.15) is 5.26 Å². The van der Waals surface area contributed by atoms with Gasteiger partial charge in [0.25, 0.3) is 0 Å². The molecule has 2 unspecified atom stereocenters. The third kappa shape index (κ3) is 3.77. The normalized spacial score (nSPS) is 14.7. The lowest BCUT2D eigenvalue weighted by atomic mass is 10.1. The largest absolute Gasteiger partial charge is 0.396 e. The molecule has 104 valence electrons. The number of rotatable bonds is 5. The third-order valence-electron chi connectivity index (χ3n) is 3.11. The molecule has 0 amide bonds. The molecule has 0 bridgehead atoms. The van der Waals surface area contributed by atoms with E-state index in [9.17, 15) is 8.42 Å². The Hall–Kier alpha value is -1.42. The molecule has 5 nitrogen and oxygen atoms in total. The zero-order valence-corrected chi connectivity index (χ0v) is 12.0. The van der Waals surface area contributed by atoms with Crippen molar-refractivity contribution in [3.8, 4) is 6.07 Å². The fraction of sp³-hybridized carbons (Fsp3) is 0.462. The Labute approximate surface area is 113 Å². The summed E-state index contributed by atoms with van der Waals surface area (Å²) in [7, 11) is -3.63. The van der Waals surface area contributed by atoms with Gasteiger partial charge in [0.15, 0.2) is 0 Å². The molecule has 6 heteroatoms. The fourth-order valence-corrected chi connectivity index (χ4v) is 2.95. The van der Waals surface area contributed by atoms with E-state index in [0.29, 0.717) is 11.1 Å². The lowest BCUT2D eigenvalue weighted by Gasteiger charge is -2.19. The van der Waals surface area contributed by atoms with E-state index in [1.165, 1.54) is 18.2 Å². The Morgan fingerprint density at radius 1 is 1.42 bits per heavy atom. The van der Waals surface area contributed by atoms with Gasteiger partial charge in [0.05, 0.1) is 16.5 Å². The van der Waals surface area contributed by atoms with Crippen LogP contribution in [0.25, 0.3) is 0 Å². The predicted octanol–water partition coefficient (Wildman–Crippen LogP) is 1.16. The van der Waals surface area contributed by atoms with Crippen LogP contribution in [0.3, 0.4) is 0 Å². The number of sulfonamides is 1. The average Bonchev–Trinajstić information content (AvgIpc) is 2.37. The van der Waals surface area contributed by atoms with Gasteiger partial charge in [-0.25, -0.2) is 13.1 Å². The topological polar surface area (TPSA) is 90.2 Å². The number of aliphatic hydroxyl groups excluding tert-OH is 1. The van der Waals surface area contributed by atoms with Crippen molar-refractivity contribution in [3.05, 3.63) is 29.3 Å². The number of nitrogens with one attached hydrogen (secondary N) is 1. The van der Waals surface area contributed by atoms with Crippen LogP contribution in [0.5, 0.6) is 0 Å². The van der Waals surface area contributed by atoms with Crippen molar-refractivity contribution in [2.24, 2.45) is 5.92 Å². The number of nitrogens with zero attached hydrogens (tertiary/aromatic N) is 1. The Bertz CT molecular complexity index is 590. The Kier molecular flexibility index (Phi) is 5.06. The first-order valence-electron chi connectivity index (χ1n) is 5.95. The average molecular weight is 282 g/mol. The minimum Gasteiger partial charge on any atom is -0.396 e. The SMILES string of the molecule is Cc1cc(S(=O)(=O)NC(C)C(C)CO)ccc1C#N. The van der Waals surface area contributed by atoms with Crippen LogP contribution in [0.15, 0.2) is 23.1 Å². The molecule has 2 atom stereocenters. The van der Waals surface area contributed by atoms with E-state index >= 15 is 0 Å². The number of benzene rings is 1. The quantitative estimate of drug-likeness (QED) is 0.848. The summed E-state index contributed by atoms with van der Waals surface area (Å²) in [5.41, 5.74) is 1.07. The first-order chi connectivity index (χ1) is 8.81. The van der Waals surface area contributed by atoms with Crippen molar-refractivity contribution in [1.29, 1.82) is 5.26 Å². The molecule has 0 aliphatic rings. The molecule has 2 N–H and O–H groups in total. The summed E-state index contributed by atoms with van der Waals surface area (Å²) in [6.07, 6.45) is 0. The maximum Gasteiger partial charge on any atom is 0.240 e. The van der Waals surface area contributed by atoms with E-state index in [0.717, 1.165) is 0 Å². The summed E-state index contributed by atoms with van der Waals surface area (Å²) >= 11 is 0. The molecule has 0 spiro atoms. The standard InChI is InChI=1S/C13H18N2O3S/c1-9-6-13(5-4-12(9)7-14)19(17,18)15-11(3)10(2)8-16/h4-6,10-11,15-16H,8H2,1-3H3. The van der Waals surface area contributed by atoms with Crippen LogP contribution in [-0.2, 0) is 10.0 Å². The molecule has 1 rings (SSSR count). The Balaban J connectivity index is 3.02. The van der Waals surface area contributed by atoms with Crippen LogP contribution >= 0.6 is 0 Å². The molecule has 0 fully saturated rings. The molecular weight excluding hydrogens is 264 g/mol. The summed E-state index contributed by atoms with van der Waals surface area (Å²) in [5, 5.41) is 17.8. The number of aliphatic hydroxyl groups is 1. The van der Waals surface area contributed by atoms with E-state index in [-0.39, 0.29) is 23.5 Å². The first kappa shape index (κ1) is 15.6. The smallest absolute Gasteiger partial charge is 0.240 e. The predicted molar refractivity (Wildman–Crippen MR) is 71.9 cm³/mol. The number of aryl methyl sites for hydroxylation is 1. The second-order valence-electron chi connectivity index (χ2n) is 4.66. The lowest BCUT2D eigenvalue weighted by molar-refractivity contribution is 0.216. The highest BCUT2D eigenvalue weighted by Gasteiger charge is 2.21. The summed E-state index contributed by atoms with van der Waals surface area (Å²) in [5.74, 6) is -0.172. The van der Waals surface area contributed by atoms with Gasteiger partial charge in [0, 0.05) is 12.6 Å². The molecule has 0 aliphatic heterocycles. The van der Waals surface area contributed by atoms with Crippen LogP contribution in [0.1, 0.15) is 25.0 Å². The summed E-state index contributed by atoms with van der Waals surface area (Å²) in [6, 6.07) is 5.99. The van der Waals surface area contributed by atoms with Gasteiger partial charge in [0.1, 0.15) is 0 Å². The zero-order valence-electron chi connectivity index (χ0n) is 11.2. The van der Waals surface area contributed by atoms with E-state index < -0.39 is 10.0 Å². The molecule has 0 saturated carbocycles. The van der Waals surface area contributed by atoms with Crippen molar-refractivity contribution >= 4 is 10.0 Å². The van der Waals surface area contributed by atoms with Crippen LogP contribution in [0, 0.1) is 24.2 Å². The summed E-state index contributed by atoms with van der Waals surface area (Å²) in [6.45, 7) is 5.07. The van der Waals surface area contributed by atoms with Gasteiger partial charge in [-0.15, -0.1) is 0 Å². The minimum atomic E-state index is -3.63. The molecule has 1 aromatic carbocycles. The highest BCUT2D eigenvalue weighted by atomic mass is 32.2. The van der Waals surface area contributed by atoms with Crippen molar-refractivity contribution in [2.45, 2.75) is 31.7 Å². The lowest BCUT2D eigenvalue weighted by Crippen LogP contribution is -2.38.